The standard InChI is InChI=1S/C10H8Cl2N2O/c1-6-8(2-3-15-6)10-13-7(5-11)4-9(12)14-10/h2-4H,5H2,1H3. The minimum absolute atomic E-state index is 0.312. The zero-order valence-electron chi connectivity index (χ0n) is 8.00. The molecule has 0 aromatic carbocycles. The van der Waals surface area contributed by atoms with Crippen LogP contribution in [0.2, 0.25) is 5.15 Å². The molecule has 78 valence electrons. The maximum Gasteiger partial charge on any atom is 0.164 e. The average molecular weight is 243 g/mol. The summed E-state index contributed by atoms with van der Waals surface area (Å²) in [6, 6.07) is 3.45. The first-order chi connectivity index (χ1) is 7.20. The molecule has 0 aliphatic heterocycles. The molecule has 0 aliphatic rings. The van der Waals surface area contributed by atoms with Gasteiger partial charge >= 0.3 is 0 Å². The Hall–Kier alpha value is -1.06. The van der Waals surface area contributed by atoms with E-state index >= 15 is 0 Å². The van der Waals surface area contributed by atoms with E-state index in [9.17, 15) is 0 Å². The molecule has 0 fully saturated rings. The number of aromatic nitrogens is 2. The SMILES string of the molecule is Cc1occc1-c1nc(Cl)cc(CCl)n1. The summed E-state index contributed by atoms with van der Waals surface area (Å²) in [5, 5.41) is 0.385. The van der Waals surface area contributed by atoms with Crippen molar-refractivity contribution in [3.05, 3.63) is 35.0 Å². The van der Waals surface area contributed by atoms with Gasteiger partial charge in [-0.15, -0.1) is 11.6 Å². The van der Waals surface area contributed by atoms with Crippen LogP contribution >= 0.6 is 23.2 Å². The van der Waals surface area contributed by atoms with Crippen LogP contribution in [-0.4, -0.2) is 9.97 Å². The molecule has 2 aromatic heterocycles. The highest BCUT2D eigenvalue weighted by atomic mass is 35.5. The summed E-state index contributed by atoms with van der Waals surface area (Å²) in [4.78, 5) is 8.39. The lowest BCUT2D eigenvalue weighted by Crippen LogP contribution is -1.94. The largest absolute Gasteiger partial charge is 0.469 e. The van der Waals surface area contributed by atoms with E-state index in [-0.39, 0.29) is 0 Å². The normalized spacial score (nSPS) is 10.6. The number of hydrogen-bond acceptors (Lipinski definition) is 3. The Morgan fingerprint density at radius 2 is 2.20 bits per heavy atom. The van der Waals surface area contributed by atoms with Crippen molar-refractivity contribution >= 4 is 23.2 Å². The van der Waals surface area contributed by atoms with Crippen LogP contribution in [0.1, 0.15) is 11.5 Å². The molecule has 0 atom stereocenters. The minimum atomic E-state index is 0.312. The van der Waals surface area contributed by atoms with Crippen molar-refractivity contribution in [2.45, 2.75) is 12.8 Å². The Balaban J connectivity index is 2.53. The molecule has 0 saturated carbocycles. The lowest BCUT2D eigenvalue weighted by atomic mass is 10.2. The van der Waals surface area contributed by atoms with Crippen molar-refractivity contribution in [1.29, 1.82) is 0 Å². The summed E-state index contributed by atoms with van der Waals surface area (Å²) in [5.74, 6) is 1.62. The summed E-state index contributed by atoms with van der Waals surface area (Å²) in [6.07, 6.45) is 1.59. The first-order valence-electron chi connectivity index (χ1n) is 4.34. The molecular formula is C10H8Cl2N2O. The topological polar surface area (TPSA) is 38.9 Å². The number of hydrogen-bond donors (Lipinski definition) is 0. The zero-order chi connectivity index (χ0) is 10.8. The van der Waals surface area contributed by atoms with Gasteiger partial charge in [0.05, 0.1) is 23.4 Å². The highest BCUT2D eigenvalue weighted by Gasteiger charge is 2.09. The van der Waals surface area contributed by atoms with Crippen LogP contribution in [0.3, 0.4) is 0 Å². The van der Waals surface area contributed by atoms with Crippen LogP contribution in [0.15, 0.2) is 22.8 Å². The number of aryl methyl sites for hydroxylation is 1. The van der Waals surface area contributed by atoms with Crippen molar-refractivity contribution < 1.29 is 4.42 Å². The van der Waals surface area contributed by atoms with Crippen LogP contribution in [-0.2, 0) is 5.88 Å². The molecule has 0 spiro atoms. The van der Waals surface area contributed by atoms with Crippen molar-refractivity contribution in [1.82, 2.24) is 9.97 Å². The number of halogens is 2. The van der Waals surface area contributed by atoms with Crippen LogP contribution in [0.4, 0.5) is 0 Å². The number of nitrogens with zero attached hydrogens (tertiary/aromatic N) is 2. The quantitative estimate of drug-likeness (QED) is 0.599. The molecule has 0 saturated heterocycles. The third-order valence-corrected chi connectivity index (χ3v) is 2.45. The van der Waals surface area contributed by atoms with Crippen molar-refractivity contribution in [3.8, 4) is 11.4 Å². The first-order valence-corrected chi connectivity index (χ1v) is 5.26. The minimum Gasteiger partial charge on any atom is -0.469 e. The van der Waals surface area contributed by atoms with Crippen molar-refractivity contribution in [3.63, 3.8) is 0 Å². The molecule has 0 aliphatic carbocycles. The van der Waals surface area contributed by atoms with E-state index in [4.69, 9.17) is 27.6 Å². The fraction of sp³-hybridized carbons (Fsp3) is 0.200. The van der Waals surface area contributed by atoms with Gasteiger partial charge in [0.1, 0.15) is 10.9 Å². The molecule has 2 heterocycles. The molecule has 5 heteroatoms. The van der Waals surface area contributed by atoms with Crippen molar-refractivity contribution in [2.24, 2.45) is 0 Å². The lowest BCUT2D eigenvalue weighted by Gasteiger charge is -2.01. The Kier molecular flexibility index (Phi) is 2.93. The molecule has 3 nitrogen and oxygen atoms in total. The van der Waals surface area contributed by atoms with E-state index in [2.05, 4.69) is 9.97 Å². The molecule has 0 amide bonds. The molecule has 0 bridgehead atoms. The summed E-state index contributed by atoms with van der Waals surface area (Å²) in [7, 11) is 0. The van der Waals surface area contributed by atoms with Crippen LogP contribution in [0.25, 0.3) is 11.4 Å². The van der Waals surface area contributed by atoms with Gasteiger partial charge in [0.25, 0.3) is 0 Å². The van der Waals surface area contributed by atoms with Gasteiger partial charge in [0, 0.05) is 0 Å². The predicted molar refractivity (Wildman–Crippen MR) is 59.0 cm³/mol. The van der Waals surface area contributed by atoms with Gasteiger partial charge in [-0.05, 0) is 19.1 Å². The molecule has 0 N–H and O–H groups in total. The first kappa shape index (κ1) is 10.5. The lowest BCUT2D eigenvalue weighted by molar-refractivity contribution is 0.535. The van der Waals surface area contributed by atoms with Gasteiger partial charge in [-0.1, -0.05) is 11.6 Å². The summed E-state index contributed by atoms with van der Waals surface area (Å²) >= 11 is 11.6. The second-order valence-corrected chi connectivity index (χ2v) is 3.68. The monoisotopic (exact) mass is 242 g/mol. The molecule has 2 rings (SSSR count). The Morgan fingerprint density at radius 1 is 1.40 bits per heavy atom. The van der Waals surface area contributed by atoms with E-state index < -0.39 is 0 Å². The summed E-state index contributed by atoms with van der Waals surface area (Å²) < 4.78 is 5.18. The number of furan rings is 1. The second-order valence-electron chi connectivity index (χ2n) is 3.03. The van der Waals surface area contributed by atoms with E-state index in [1.165, 1.54) is 0 Å². The average Bonchev–Trinajstić information content (AvgIpc) is 2.63. The molecular weight excluding hydrogens is 235 g/mol. The van der Waals surface area contributed by atoms with E-state index in [1.807, 2.05) is 6.92 Å². The zero-order valence-corrected chi connectivity index (χ0v) is 9.51. The fourth-order valence-electron chi connectivity index (χ4n) is 1.27. The third kappa shape index (κ3) is 2.13. The summed E-state index contributed by atoms with van der Waals surface area (Å²) in [5.41, 5.74) is 1.54. The third-order valence-electron chi connectivity index (χ3n) is 1.98. The molecule has 0 unspecified atom stereocenters. The van der Waals surface area contributed by atoms with Gasteiger partial charge < -0.3 is 4.42 Å². The second kappa shape index (κ2) is 4.21. The van der Waals surface area contributed by atoms with Gasteiger partial charge in [0.15, 0.2) is 5.82 Å². The molecule has 2 aromatic rings. The van der Waals surface area contributed by atoms with E-state index in [0.29, 0.717) is 22.6 Å². The predicted octanol–water partition coefficient (Wildman–Crippen LogP) is 3.44. The van der Waals surface area contributed by atoms with Gasteiger partial charge in [-0.2, -0.15) is 0 Å². The smallest absolute Gasteiger partial charge is 0.164 e. The Morgan fingerprint density at radius 3 is 2.80 bits per heavy atom. The van der Waals surface area contributed by atoms with Crippen LogP contribution in [0, 0.1) is 6.92 Å². The highest BCUT2D eigenvalue weighted by molar-refractivity contribution is 6.29. The van der Waals surface area contributed by atoms with Crippen molar-refractivity contribution in [2.75, 3.05) is 0 Å². The Bertz CT molecular complexity index is 482. The maximum absolute atomic E-state index is 5.86. The maximum atomic E-state index is 5.86. The number of alkyl halides is 1. The Labute approximate surface area is 97.1 Å². The van der Waals surface area contributed by atoms with Gasteiger partial charge in [0.2, 0.25) is 0 Å². The van der Waals surface area contributed by atoms with Crippen LogP contribution in [0.5, 0.6) is 0 Å². The summed E-state index contributed by atoms with van der Waals surface area (Å²) in [6.45, 7) is 1.85. The van der Waals surface area contributed by atoms with Crippen LogP contribution < -0.4 is 0 Å². The van der Waals surface area contributed by atoms with Gasteiger partial charge in [-0.3, -0.25) is 0 Å². The highest BCUT2D eigenvalue weighted by Crippen LogP contribution is 2.22. The van der Waals surface area contributed by atoms with E-state index in [0.717, 1.165) is 11.3 Å². The van der Waals surface area contributed by atoms with E-state index in [1.54, 1.807) is 18.4 Å². The number of rotatable bonds is 2. The van der Waals surface area contributed by atoms with Gasteiger partial charge in [-0.25, -0.2) is 9.97 Å². The molecule has 15 heavy (non-hydrogen) atoms. The fourth-order valence-corrected chi connectivity index (χ4v) is 1.61. The molecule has 0 radical (unpaired) electrons.